The summed E-state index contributed by atoms with van der Waals surface area (Å²) < 4.78 is 35.5. The second-order valence-electron chi connectivity index (χ2n) is 10.2. The third kappa shape index (κ3) is 6.02. The number of piperazine rings is 1. The van der Waals surface area contributed by atoms with E-state index in [2.05, 4.69) is 20.6 Å². The van der Waals surface area contributed by atoms with Gasteiger partial charge in [-0.2, -0.15) is 5.10 Å². The molecule has 0 radical (unpaired) electrons. The third-order valence-electron chi connectivity index (χ3n) is 7.22. The highest BCUT2D eigenvalue weighted by molar-refractivity contribution is 6.31. The number of rotatable bonds is 7. The molecule has 5 aromatic rings. The van der Waals surface area contributed by atoms with Crippen LogP contribution in [0.2, 0.25) is 5.02 Å². The summed E-state index contributed by atoms with van der Waals surface area (Å²) in [5, 5.41) is 12.0. The minimum absolute atomic E-state index is 0.149. The molecular weight excluding hydrogens is 548 g/mol. The van der Waals surface area contributed by atoms with Crippen LogP contribution in [0.15, 0.2) is 71.1 Å². The van der Waals surface area contributed by atoms with Gasteiger partial charge in [0.25, 0.3) is 5.91 Å². The van der Waals surface area contributed by atoms with Crippen LogP contribution in [0.3, 0.4) is 0 Å². The largest absolute Gasteiger partial charge is 0.456 e. The SMILES string of the molecule is Cc1cc(C(=O)Nc2ccc(CN3CCNCC3)cc2)nn1Cc1cc(Cl)cc2cc(-c3ccc(F)cc3F)oc12. The fourth-order valence-corrected chi connectivity index (χ4v) is 5.33. The van der Waals surface area contributed by atoms with Crippen molar-refractivity contribution in [1.82, 2.24) is 20.0 Å². The molecule has 7 nitrogen and oxygen atoms in total. The van der Waals surface area contributed by atoms with E-state index in [4.69, 9.17) is 16.0 Å². The minimum Gasteiger partial charge on any atom is -0.456 e. The van der Waals surface area contributed by atoms with Crippen LogP contribution < -0.4 is 10.6 Å². The van der Waals surface area contributed by atoms with Gasteiger partial charge in [0, 0.05) is 66.1 Å². The molecule has 0 aliphatic carbocycles. The highest BCUT2D eigenvalue weighted by atomic mass is 35.5. The number of benzene rings is 3. The topological polar surface area (TPSA) is 75.3 Å². The molecule has 41 heavy (non-hydrogen) atoms. The molecule has 0 bridgehead atoms. The van der Waals surface area contributed by atoms with Crippen LogP contribution >= 0.6 is 11.6 Å². The van der Waals surface area contributed by atoms with Crippen molar-refractivity contribution in [3.05, 3.63) is 106 Å². The van der Waals surface area contributed by atoms with Crippen LogP contribution in [-0.4, -0.2) is 46.8 Å². The number of carbonyl (C=O) groups is 1. The summed E-state index contributed by atoms with van der Waals surface area (Å²) in [6.45, 7) is 7.06. The normalized spacial score (nSPS) is 14.0. The average molecular weight is 576 g/mol. The standard InChI is InChI=1S/C31H28ClF2N5O2/c1-19-12-28(31(40)36-25-5-2-20(3-6-25)17-38-10-8-35-9-11-38)37-39(19)18-22-14-23(32)13-21-15-29(41-30(21)22)26-7-4-24(33)16-27(26)34/h2-7,12-16,35H,8-11,17-18H2,1H3,(H,36,40). The highest BCUT2D eigenvalue weighted by Gasteiger charge is 2.18. The Bertz CT molecular complexity index is 1720. The summed E-state index contributed by atoms with van der Waals surface area (Å²) in [6.07, 6.45) is 0. The van der Waals surface area contributed by atoms with Crippen LogP contribution in [0.4, 0.5) is 14.5 Å². The number of carbonyl (C=O) groups excluding carboxylic acids is 1. The lowest BCUT2D eigenvalue weighted by molar-refractivity contribution is 0.102. The number of nitrogens with one attached hydrogen (secondary N) is 2. The maximum absolute atomic E-state index is 14.4. The summed E-state index contributed by atoms with van der Waals surface area (Å²) in [7, 11) is 0. The molecule has 210 valence electrons. The molecule has 6 rings (SSSR count). The Morgan fingerprint density at radius 2 is 1.80 bits per heavy atom. The molecule has 2 aromatic heterocycles. The number of fused-ring (bicyclic) bond motifs is 1. The van der Waals surface area contributed by atoms with Crippen LogP contribution in [0.25, 0.3) is 22.3 Å². The summed E-state index contributed by atoms with van der Waals surface area (Å²) >= 11 is 6.38. The monoisotopic (exact) mass is 575 g/mol. The van der Waals surface area contributed by atoms with Gasteiger partial charge in [-0.15, -0.1) is 0 Å². The predicted octanol–water partition coefficient (Wildman–Crippen LogP) is 6.24. The molecule has 0 unspecified atom stereocenters. The van der Waals surface area contributed by atoms with Gasteiger partial charge in [-0.25, -0.2) is 8.78 Å². The van der Waals surface area contributed by atoms with Crippen molar-refractivity contribution in [1.29, 1.82) is 0 Å². The lowest BCUT2D eigenvalue weighted by Gasteiger charge is -2.27. The van der Waals surface area contributed by atoms with Gasteiger partial charge in [0.05, 0.1) is 12.1 Å². The molecule has 1 amide bonds. The van der Waals surface area contributed by atoms with E-state index >= 15 is 0 Å². The Morgan fingerprint density at radius 3 is 2.56 bits per heavy atom. The first-order chi connectivity index (χ1) is 19.8. The molecule has 2 N–H and O–H groups in total. The summed E-state index contributed by atoms with van der Waals surface area (Å²) in [5.74, 6) is -1.44. The number of aromatic nitrogens is 2. The second kappa shape index (κ2) is 11.4. The van der Waals surface area contributed by atoms with Crippen LogP contribution in [0.1, 0.15) is 27.3 Å². The molecule has 1 aliphatic heterocycles. The van der Waals surface area contributed by atoms with Crippen molar-refractivity contribution in [2.24, 2.45) is 0 Å². The number of amides is 1. The number of hydrogen-bond donors (Lipinski definition) is 2. The lowest BCUT2D eigenvalue weighted by atomic mass is 10.1. The molecule has 1 aliphatic rings. The molecule has 1 fully saturated rings. The Kier molecular flexibility index (Phi) is 7.57. The van der Waals surface area contributed by atoms with Gasteiger partial charge < -0.3 is 15.1 Å². The van der Waals surface area contributed by atoms with Crippen molar-refractivity contribution in [3.63, 3.8) is 0 Å². The number of nitrogens with zero attached hydrogens (tertiary/aromatic N) is 3. The van der Waals surface area contributed by atoms with Crippen LogP contribution in [-0.2, 0) is 13.1 Å². The quantitative estimate of drug-likeness (QED) is 0.240. The van der Waals surface area contributed by atoms with Gasteiger partial charge >= 0.3 is 0 Å². The summed E-state index contributed by atoms with van der Waals surface area (Å²) in [6, 6.07) is 18.1. The number of furan rings is 1. The van der Waals surface area contributed by atoms with Crippen molar-refractivity contribution in [2.75, 3.05) is 31.5 Å². The second-order valence-corrected chi connectivity index (χ2v) is 10.7. The summed E-state index contributed by atoms with van der Waals surface area (Å²) in [4.78, 5) is 15.4. The predicted molar refractivity (Wildman–Crippen MR) is 155 cm³/mol. The van der Waals surface area contributed by atoms with E-state index in [1.165, 1.54) is 17.7 Å². The molecular formula is C31H28ClF2N5O2. The Labute approximate surface area is 240 Å². The number of hydrogen-bond acceptors (Lipinski definition) is 5. The van der Waals surface area contributed by atoms with E-state index in [-0.39, 0.29) is 29.5 Å². The Hall–Kier alpha value is -4.05. The van der Waals surface area contributed by atoms with Gasteiger partial charge in [-0.1, -0.05) is 23.7 Å². The molecule has 3 heterocycles. The van der Waals surface area contributed by atoms with E-state index in [1.807, 2.05) is 31.2 Å². The lowest BCUT2D eigenvalue weighted by Crippen LogP contribution is -2.42. The van der Waals surface area contributed by atoms with Crippen molar-refractivity contribution in [2.45, 2.75) is 20.0 Å². The van der Waals surface area contributed by atoms with Gasteiger partial charge in [0.15, 0.2) is 5.69 Å². The Morgan fingerprint density at radius 1 is 1.02 bits per heavy atom. The van der Waals surface area contributed by atoms with Crippen molar-refractivity contribution < 1.29 is 18.0 Å². The zero-order valence-corrected chi connectivity index (χ0v) is 23.1. The fourth-order valence-electron chi connectivity index (χ4n) is 5.08. The zero-order chi connectivity index (χ0) is 28.5. The first-order valence-electron chi connectivity index (χ1n) is 13.4. The van der Waals surface area contributed by atoms with Gasteiger partial charge in [0.2, 0.25) is 0 Å². The molecule has 3 aromatic carbocycles. The molecule has 1 saturated heterocycles. The number of halogens is 3. The highest BCUT2D eigenvalue weighted by Crippen LogP contribution is 2.34. The van der Waals surface area contributed by atoms with Gasteiger partial charge in [-0.3, -0.25) is 14.4 Å². The van der Waals surface area contributed by atoms with Crippen molar-refractivity contribution >= 4 is 34.2 Å². The number of aryl methyl sites for hydroxylation is 1. The average Bonchev–Trinajstić information content (AvgIpc) is 3.54. The smallest absolute Gasteiger partial charge is 0.276 e. The van der Waals surface area contributed by atoms with Gasteiger partial charge in [-0.05, 0) is 61.0 Å². The van der Waals surface area contributed by atoms with Crippen molar-refractivity contribution in [3.8, 4) is 11.3 Å². The fraction of sp³-hybridized carbons (Fsp3) is 0.226. The minimum atomic E-state index is -0.718. The van der Waals surface area contributed by atoms with E-state index in [9.17, 15) is 13.6 Å². The van der Waals surface area contributed by atoms with Crippen LogP contribution in [0, 0.1) is 18.6 Å². The molecule has 0 spiro atoms. The maximum atomic E-state index is 14.4. The first kappa shape index (κ1) is 27.1. The van der Waals surface area contributed by atoms with E-state index < -0.39 is 11.6 Å². The van der Waals surface area contributed by atoms with E-state index in [0.29, 0.717) is 27.2 Å². The Balaban J connectivity index is 1.18. The number of anilines is 1. The molecule has 10 heteroatoms. The molecule has 0 atom stereocenters. The maximum Gasteiger partial charge on any atom is 0.276 e. The van der Waals surface area contributed by atoms with Gasteiger partial charge in [0.1, 0.15) is 23.0 Å². The van der Waals surface area contributed by atoms with E-state index in [1.54, 1.807) is 28.9 Å². The first-order valence-corrected chi connectivity index (χ1v) is 13.8. The zero-order valence-electron chi connectivity index (χ0n) is 22.4. The molecule has 0 saturated carbocycles. The van der Waals surface area contributed by atoms with Crippen LogP contribution in [0.5, 0.6) is 0 Å². The third-order valence-corrected chi connectivity index (χ3v) is 7.43. The summed E-state index contributed by atoms with van der Waals surface area (Å²) in [5.41, 5.74) is 4.30. The van der Waals surface area contributed by atoms with E-state index in [0.717, 1.165) is 44.5 Å².